The molecule has 3 rings (SSSR count). The number of nitrogens with zero attached hydrogens (tertiary/aromatic N) is 4. The maximum atomic E-state index is 12.7. The minimum Gasteiger partial charge on any atom is -0.294 e. The average molecular weight is 286 g/mol. The smallest absolute Gasteiger partial charge is 0.294 e. The summed E-state index contributed by atoms with van der Waals surface area (Å²) >= 11 is 0. The second-order valence-corrected chi connectivity index (χ2v) is 5.10. The molecule has 0 fully saturated rings. The van der Waals surface area contributed by atoms with Crippen LogP contribution >= 0.6 is 0 Å². The summed E-state index contributed by atoms with van der Waals surface area (Å²) in [5, 5.41) is 0. The van der Waals surface area contributed by atoms with Crippen molar-refractivity contribution in [3.63, 3.8) is 0 Å². The summed E-state index contributed by atoms with van der Waals surface area (Å²) in [6.45, 7) is 4.94. The Labute approximate surface area is 121 Å². The first kappa shape index (κ1) is 13.6. The van der Waals surface area contributed by atoms with Crippen LogP contribution in [-0.4, -0.2) is 18.5 Å². The molecular weight excluding hydrogens is 268 g/mol. The highest BCUT2D eigenvalue weighted by Crippen LogP contribution is 2.12. The van der Waals surface area contributed by atoms with E-state index in [4.69, 9.17) is 0 Å². The van der Waals surface area contributed by atoms with Crippen molar-refractivity contribution in [2.24, 2.45) is 0 Å². The minimum absolute atomic E-state index is 0.261. The molecule has 0 aliphatic heterocycles. The third-order valence-corrected chi connectivity index (χ3v) is 3.57. The first-order valence-electron chi connectivity index (χ1n) is 7.29. The van der Waals surface area contributed by atoms with Gasteiger partial charge in [-0.2, -0.15) is 0 Å². The predicted molar refractivity (Wildman–Crippen MR) is 81.8 cm³/mol. The number of aryl methyl sites for hydroxylation is 1. The molecule has 0 bridgehead atoms. The Kier molecular flexibility index (Phi) is 3.37. The molecule has 3 aromatic heterocycles. The number of hydrogen-bond acceptors (Lipinski definition) is 3. The minimum atomic E-state index is -0.264. The zero-order valence-electron chi connectivity index (χ0n) is 12.2. The summed E-state index contributed by atoms with van der Waals surface area (Å²) in [6.07, 6.45) is 3.36. The van der Waals surface area contributed by atoms with Gasteiger partial charge in [-0.3, -0.25) is 18.3 Å². The van der Waals surface area contributed by atoms with E-state index in [1.54, 1.807) is 8.97 Å². The maximum absolute atomic E-state index is 12.7. The van der Waals surface area contributed by atoms with E-state index in [0.717, 1.165) is 12.8 Å². The standard InChI is InChI=1S/C15H18N4O2/c1-3-8-18-13-12(14(20)19(9-4-2)15(18)21)17-10-6-5-7-11(17)16-13/h5-7,10H,3-4,8-9H2,1-2H3. The molecule has 0 aliphatic rings. The highest BCUT2D eigenvalue weighted by atomic mass is 16.2. The van der Waals surface area contributed by atoms with Gasteiger partial charge in [-0.15, -0.1) is 0 Å². The van der Waals surface area contributed by atoms with E-state index in [-0.39, 0.29) is 11.2 Å². The van der Waals surface area contributed by atoms with Gasteiger partial charge in [-0.25, -0.2) is 9.78 Å². The Balaban J connectivity index is 2.53. The Morgan fingerprint density at radius 2 is 1.76 bits per heavy atom. The fourth-order valence-corrected chi connectivity index (χ4v) is 2.67. The molecule has 0 aliphatic carbocycles. The zero-order valence-corrected chi connectivity index (χ0v) is 12.2. The Hall–Kier alpha value is -2.37. The molecule has 6 nitrogen and oxygen atoms in total. The van der Waals surface area contributed by atoms with Gasteiger partial charge in [0.15, 0.2) is 11.2 Å². The predicted octanol–water partition coefficient (Wildman–Crippen LogP) is 1.63. The third-order valence-electron chi connectivity index (χ3n) is 3.57. The molecular formula is C15H18N4O2. The van der Waals surface area contributed by atoms with Crippen molar-refractivity contribution in [1.82, 2.24) is 18.5 Å². The number of aromatic nitrogens is 4. The van der Waals surface area contributed by atoms with E-state index in [9.17, 15) is 9.59 Å². The summed E-state index contributed by atoms with van der Waals surface area (Å²) in [7, 11) is 0. The van der Waals surface area contributed by atoms with Crippen molar-refractivity contribution in [3.05, 3.63) is 45.2 Å². The summed E-state index contributed by atoms with van der Waals surface area (Å²) in [5.41, 5.74) is 1.11. The van der Waals surface area contributed by atoms with Gasteiger partial charge < -0.3 is 0 Å². The molecule has 0 N–H and O–H groups in total. The van der Waals surface area contributed by atoms with E-state index in [1.807, 2.05) is 38.2 Å². The quantitative estimate of drug-likeness (QED) is 0.732. The first-order chi connectivity index (χ1) is 10.2. The highest BCUT2D eigenvalue weighted by molar-refractivity contribution is 5.76. The summed E-state index contributed by atoms with van der Waals surface area (Å²) in [5.74, 6) is 0. The molecule has 0 amide bonds. The van der Waals surface area contributed by atoms with Crippen LogP contribution in [-0.2, 0) is 13.1 Å². The summed E-state index contributed by atoms with van der Waals surface area (Å²) in [6, 6.07) is 5.56. The Bertz CT molecular complexity index is 917. The third kappa shape index (κ3) is 1.98. The number of imidazole rings is 1. The number of fused-ring (bicyclic) bond motifs is 3. The molecule has 21 heavy (non-hydrogen) atoms. The SMILES string of the molecule is CCCn1c(=O)c2c(nc3ccccn32)n(CCC)c1=O. The molecule has 0 radical (unpaired) electrons. The van der Waals surface area contributed by atoms with Crippen LogP contribution in [0.1, 0.15) is 26.7 Å². The van der Waals surface area contributed by atoms with Crippen molar-refractivity contribution in [2.45, 2.75) is 39.8 Å². The van der Waals surface area contributed by atoms with Crippen LogP contribution in [0.3, 0.4) is 0 Å². The topological polar surface area (TPSA) is 61.3 Å². The molecule has 0 spiro atoms. The summed E-state index contributed by atoms with van der Waals surface area (Å²) in [4.78, 5) is 29.7. The van der Waals surface area contributed by atoms with Gasteiger partial charge in [0.2, 0.25) is 0 Å². The van der Waals surface area contributed by atoms with Crippen molar-refractivity contribution in [1.29, 1.82) is 0 Å². The fraction of sp³-hybridized carbons (Fsp3) is 0.400. The van der Waals surface area contributed by atoms with E-state index >= 15 is 0 Å². The highest BCUT2D eigenvalue weighted by Gasteiger charge is 2.17. The molecule has 3 aromatic rings. The van der Waals surface area contributed by atoms with Crippen LogP contribution in [0.4, 0.5) is 0 Å². The van der Waals surface area contributed by atoms with Crippen LogP contribution in [0.5, 0.6) is 0 Å². The van der Waals surface area contributed by atoms with Crippen LogP contribution in [0, 0.1) is 0 Å². The normalized spacial score (nSPS) is 11.5. The lowest BCUT2D eigenvalue weighted by atomic mass is 10.4. The monoisotopic (exact) mass is 286 g/mol. The second kappa shape index (κ2) is 5.20. The first-order valence-corrected chi connectivity index (χ1v) is 7.29. The fourth-order valence-electron chi connectivity index (χ4n) is 2.67. The van der Waals surface area contributed by atoms with Crippen molar-refractivity contribution < 1.29 is 0 Å². The van der Waals surface area contributed by atoms with Crippen molar-refractivity contribution in [2.75, 3.05) is 0 Å². The molecule has 6 heteroatoms. The number of pyridine rings is 1. The van der Waals surface area contributed by atoms with E-state index in [1.165, 1.54) is 4.57 Å². The molecule has 0 atom stereocenters. The maximum Gasteiger partial charge on any atom is 0.332 e. The molecule has 3 heterocycles. The van der Waals surface area contributed by atoms with Crippen molar-refractivity contribution >= 4 is 16.8 Å². The average Bonchev–Trinajstić information content (AvgIpc) is 2.87. The van der Waals surface area contributed by atoms with Gasteiger partial charge in [0.1, 0.15) is 5.65 Å². The van der Waals surface area contributed by atoms with E-state index in [2.05, 4.69) is 4.98 Å². The lowest BCUT2D eigenvalue weighted by Crippen LogP contribution is -2.40. The Morgan fingerprint density at radius 1 is 1.05 bits per heavy atom. The van der Waals surface area contributed by atoms with Gasteiger partial charge >= 0.3 is 5.69 Å². The lowest BCUT2D eigenvalue weighted by Gasteiger charge is -2.09. The lowest BCUT2D eigenvalue weighted by molar-refractivity contribution is 0.555. The zero-order chi connectivity index (χ0) is 15.0. The van der Waals surface area contributed by atoms with Gasteiger partial charge in [-0.1, -0.05) is 19.9 Å². The summed E-state index contributed by atoms with van der Waals surface area (Å²) < 4.78 is 4.69. The van der Waals surface area contributed by atoms with Gasteiger partial charge in [0.25, 0.3) is 5.56 Å². The molecule has 0 aromatic carbocycles. The number of hydrogen-bond donors (Lipinski definition) is 0. The van der Waals surface area contributed by atoms with Gasteiger partial charge in [-0.05, 0) is 25.0 Å². The number of rotatable bonds is 4. The van der Waals surface area contributed by atoms with E-state index in [0.29, 0.717) is 29.9 Å². The van der Waals surface area contributed by atoms with E-state index < -0.39 is 0 Å². The van der Waals surface area contributed by atoms with Crippen molar-refractivity contribution in [3.8, 4) is 0 Å². The Morgan fingerprint density at radius 3 is 2.48 bits per heavy atom. The van der Waals surface area contributed by atoms with Crippen LogP contribution in [0.15, 0.2) is 34.0 Å². The largest absolute Gasteiger partial charge is 0.332 e. The van der Waals surface area contributed by atoms with Crippen LogP contribution < -0.4 is 11.2 Å². The molecule has 0 unspecified atom stereocenters. The molecule has 0 saturated heterocycles. The van der Waals surface area contributed by atoms with Crippen LogP contribution in [0.2, 0.25) is 0 Å². The van der Waals surface area contributed by atoms with Gasteiger partial charge in [0, 0.05) is 19.3 Å². The van der Waals surface area contributed by atoms with Crippen LogP contribution in [0.25, 0.3) is 16.8 Å². The second-order valence-electron chi connectivity index (χ2n) is 5.10. The molecule has 0 saturated carbocycles. The van der Waals surface area contributed by atoms with Gasteiger partial charge in [0.05, 0.1) is 0 Å². The molecule has 110 valence electrons.